The predicted octanol–water partition coefficient (Wildman–Crippen LogP) is 5.22. The predicted molar refractivity (Wildman–Crippen MR) is 122 cm³/mol. The zero-order valence-corrected chi connectivity index (χ0v) is 19.1. The van der Waals surface area contributed by atoms with Gasteiger partial charge in [-0.3, -0.25) is 4.79 Å². The van der Waals surface area contributed by atoms with Gasteiger partial charge in [0.1, 0.15) is 18.4 Å². The number of aromatic nitrogens is 4. The van der Waals surface area contributed by atoms with Crippen molar-refractivity contribution in [2.45, 2.75) is 39.3 Å². The van der Waals surface area contributed by atoms with E-state index in [1.165, 1.54) is 0 Å². The van der Waals surface area contributed by atoms with Gasteiger partial charge in [-0.1, -0.05) is 66.4 Å². The molecule has 32 heavy (non-hydrogen) atoms. The molecule has 1 atom stereocenters. The van der Waals surface area contributed by atoms with Crippen LogP contribution in [0.4, 0.5) is 5.95 Å². The molecule has 0 saturated carbocycles. The van der Waals surface area contributed by atoms with Crippen LogP contribution >= 0.6 is 23.2 Å². The van der Waals surface area contributed by atoms with E-state index in [0.717, 1.165) is 23.2 Å². The highest BCUT2D eigenvalue weighted by atomic mass is 35.5. The van der Waals surface area contributed by atoms with Gasteiger partial charge in [0.25, 0.3) is 0 Å². The molecular weight excluding hydrogens is 449 g/mol. The number of hydrogen-bond donors (Lipinski definition) is 1. The lowest BCUT2D eigenvalue weighted by Gasteiger charge is -2.38. The number of Topliss-reactive ketones (excluding diaryl/α,β-unsaturated/α-hetero) is 1. The normalized spacial score (nSPS) is 19.2. The van der Waals surface area contributed by atoms with Gasteiger partial charge in [-0.25, -0.2) is 0 Å². The van der Waals surface area contributed by atoms with Gasteiger partial charge in [-0.15, -0.1) is 0 Å². The highest BCUT2D eigenvalue weighted by Gasteiger charge is 2.42. The third kappa shape index (κ3) is 3.76. The Labute approximate surface area is 195 Å². The minimum Gasteiger partial charge on any atom is -0.488 e. The summed E-state index contributed by atoms with van der Waals surface area (Å²) >= 11 is 12.3. The lowest BCUT2D eigenvalue weighted by atomic mass is 9.73. The zero-order valence-electron chi connectivity index (χ0n) is 17.6. The summed E-state index contributed by atoms with van der Waals surface area (Å²) in [5, 5.41) is 16.5. The number of rotatable bonds is 4. The zero-order chi connectivity index (χ0) is 22.5. The number of ketones is 1. The smallest absolute Gasteiger partial charge is 0.248 e. The third-order valence-corrected chi connectivity index (χ3v) is 6.39. The van der Waals surface area contributed by atoms with E-state index in [1.807, 2.05) is 30.3 Å². The summed E-state index contributed by atoms with van der Waals surface area (Å²) in [6.45, 7) is 4.44. The van der Waals surface area contributed by atoms with Crippen LogP contribution in [-0.4, -0.2) is 26.0 Å². The van der Waals surface area contributed by atoms with Crippen LogP contribution in [0.15, 0.2) is 53.7 Å². The molecule has 9 heteroatoms. The van der Waals surface area contributed by atoms with E-state index in [2.05, 4.69) is 34.7 Å². The van der Waals surface area contributed by atoms with E-state index in [9.17, 15) is 4.79 Å². The molecule has 0 amide bonds. The Morgan fingerprint density at radius 2 is 2.00 bits per heavy atom. The van der Waals surface area contributed by atoms with Crippen molar-refractivity contribution in [3.05, 3.63) is 74.9 Å². The number of carbonyl (C=O) groups is 1. The maximum Gasteiger partial charge on any atom is 0.248 e. The summed E-state index contributed by atoms with van der Waals surface area (Å²) in [4.78, 5) is 13.3. The Kier molecular flexibility index (Phi) is 5.18. The Morgan fingerprint density at radius 3 is 2.81 bits per heavy atom. The molecule has 2 aromatic carbocycles. The van der Waals surface area contributed by atoms with Gasteiger partial charge < -0.3 is 10.1 Å². The lowest BCUT2D eigenvalue weighted by Crippen LogP contribution is -2.36. The van der Waals surface area contributed by atoms with Crippen LogP contribution in [0.1, 0.15) is 43.9 Å². The number of hydrogen-bond acceptors (Lipinski definition) is 6. The molecule has 5 rings (SSSR count). The van der Waals surface area contributed by atoms with E-state index in [1.54, 1.807) is 16.8 Å². The van der Waals surface area contributed by atoms with E-state index < -0.39 is 6.04 Å². The van der Waals surface area contributed by atoms with Crippen LogP contribution in [0.3, 0.4) is 0 Å². The third-order valence-electron chi connectivity index (χ3n) is 5.81. The van der Waals surface area contributed by atoms with Crippen LogP contribution in [0.5, 0.6) is 5.75 Å². The minimum absolute atomic E-state index is 0.0884. The van der Waals surface area contributed by atoms with Crippen LogP contribution in [0.2, 0.25) is 10.0 Å². The number of allylic oxidation sites excluding steroid dienone is 2. The van der Waals surface area contributed by atoms with E-state index >= 15 is 0 Å². The molecule has 1 unspecified atom stereocenters. The van der Waals surface area contributed by atoms with Gasteiger partial charge in [0.05, 0.1) is 0 Å². The number of nitrogens with one attached hydrogen (secondary N) is 1. The minimum atomic E-state index is -0.475. The van der Waals surface area contributed by atoms with Crippen LogP contribution in [0, 0.1) is 5.41 Å². The molecule has 1 N–H and O–H groups in total. The molecule has 0 bridgehead atoms. The molecule has 2 heterocycles. The molecule has 164 valence electrons. The van der Waals surface area contributed by atoms with Crippen molar-refractivity contribution in [1.82, 2.24) is 20.2 Å². The lowest BCUT2D eigenvalue weighted by molar-refractivity contribution is -0.118. The average molecular weight is 470 g/mol. The number of tetrazole rings is 1. The summed E-state index contributed by atoms with van der Waals surface area (Å²) in [6.07, 6.45) is 1.20. The Balaban J connectivity index is 1.55. The van der Waals surface area contributed by atoms with Crippen molar-refractivity contribution in [2.75, 3.05) is 5.32 Å². The van der Waals surface area contributed by atoms with Gasteiger partial charge in [0.2, 0.25) is 5.95 Å². The van der Waals surface area contributed by atoms with E-state index in [0.29, 0.717) is 33.7 Å². The fourth-order valence-corrected chi connectivity index (χ4v) is 4.85. The molecule has 2 aliphatic rings. The molecule has 1 aliphatic heterocycles. The first-order valence-corrected chi connectivity index (χ1v) is 11.0. The number of carbonyl (C=O) groups excluding carboxylic acids is 1. The number of para-hydroxylation sites is 1. The fraction of sp³-hybridized carbons (Fsp3) is 0.304. The summed E-state index contributed by atoms with van der Waals surface area (Å²) in [5.74, 6) is 1.23. The molecule has 7 nitrogen and oxygen atoms in total. The molecule has 0 fully saturated rings. The number of fused-ring (bicyclic) bond motifs is 1. The van der Waals surface area contributed by atoms with E-state index in [4.69, 9.17) is 27.9 Å². The standard InChI is InChI=1S/C23H21Cl2N5O2/c1-23(2)10-17-20(18(31)11-23)21(30-22(26-17)27-28-29-30)15-5-3-4-6-19(15)32-12-13-7-8-14(24)9-16(13)25/h3-9,21H,10-12H2,1-2H3,(H,26,27,29). The first kappa shape index (κ1) is 21.0. The highest BCUT2D eigenvalue weighted by Crippen LogP contribution is 2.46. The largest absolute Gasteiger partial charge is 0.488 e. The molecule has 0 radical (unpaired) electrons. The van der Waals surface area contributed by atoms with Crippen molar-refractivity contribution < 1.29 is 9.53 Å². The fourth-order valence-electron chi connectivity index (χ4n) is 4.39. The highest BCUT2D eigenvalue weighted by molar-refractivity contribution is 6.35. The van der Waals surface area contributed by atoms with E-state index in [-0.39, 0.29) is 17.8 Å². The maximum absolute atomic E-state index is 13.3. The monoisotopic (exact) mass is 469 g/mol. The second-order valence-electron chi connectivity index (χ2n) is 8.87. The summed E-state index contributed by atoms with van der Waals surface area (Å²) in [5.41, 5.74) is 3.05. The summed E-state index contributed by atoms with van der Waals surface area (Å²) < 4.78 is 7.83. The first-order chi connectivity index (χ1) is 15.3. The molecule has 1 aromatic heterocycles. The molecule has 3 aromatic rings. The quantitative estimate of drug-likeness (QED) is 0.563. The topological polar surface area (TPSA) is 81.9 Å². The molecule has 1 aliphatic carbocycles. The SMILES string of the molecule is CC1(C)CC(=O)C2=C(C1)Nc1nnnn1C2c1ccccc1OCc1ccc(Cl)cc1Cl. The number of benzene rings is 2. The van der Waals surface area contributed by atoms with Gasteiger partial charge in [-0.2, -0.15) is 4.68 Å². The Bertz CT molecular complexity index is 1250. The molecule has 0 saturated heterocycles. The van der Waals surface area contributed by atoms with Crippen molar-refractivity contribution in [1.29, 1.82) is 0 Å². The van der Waals surface area contributed by atoms with Crippen molar-refractivity contribution in [2.24, 2.45) is 5.41 Å². The number of anilines is 1. The van der Waals surface area contributed by atoms with Crippen LogP contribution < -0.4 is 10.1 Å². The first-order valence-electron chi connectivity index (χ1n) is 10.3. The Hall–Kier alpha value is -2.90. The Morgan fingerprint density at radius 1 is 1.19 bits per heavy atom. The molecular formula is C23H21Cl2N5O2. The average Bonchev–Trinajstić information content (AvgIpc) is 3.19. The van der Waals surface area contributed by atoms with Gasteiger partial charge in [-0.05, 0) is 40.5 Å². The van der Waals surface area contributed by atoms with Crippen LogP contribution in [-0.2, 0) is 11.4 Å². The number of halogens is 2. The summed E-state index contributed by atoms with van der Waals surface area (Å²) in [7, 11) is 0. The number of nitrogens with zero attached hydrogens (tertiary/aromatic N) is 4. The van der Waals surface area contributed by atoms with Crippen molar-refractivity contribution in [3.8, 4) is 5.75 Å². The van der Waals surface area contributed by atoms with Crippen molar-refractivity contribution >= 4 is 34.9 Å². The molecule has 0 spiro atoms. The summed E-state index contributed by atoms with van der Waals surface area (Å²) in [6, 6.07) is 12.5. The van der Waals surface area contributed by atoms with Gasteiger partial charge in [0, 0.05) is 38.9 Å². The van der Waals surface area contributed by atoms with Gasteiger partial charge in [0.15, 0.2) is 5.78 Å². The number of ether oxygens (including phenoxy) is 1. The second-order valence-corrected chi connectivity index (χ2v) is 9.71. The van der Waals surface area contributed by atoms with Crippen LogP contribution in [0.25, 0.3) is 0 Å². The maximum atomic E-state index is 13.3. The second kappa shape index (κ2) is 7.90. The van der Waals surface area contributed by atoms with Gasteiger partial charge >= 0.3 is 0 Å². The van der Waals surface area contributed by atoms with Crippen molar-refractivity contribution in [3.63, 3.8) is 0 Å².